The third kappa shape index (κ3) is 7.56. The number of carbonyl (C=O) groups excluding carboxylic acids is 3. The number of nitrogens with one attached hydrogen (secondary N) is 1. The number of aliphatic hydroxyl groups is 1. The average molecular weight is 414 g/mol. The normalized spacial score (nSPS) is 12.4. The molecule has 0 fully saturated rings. The molecule has 8 nitrogen and oxygen atoms in total. The maximum Gasteiger partial charge on any atom is 0.429 e. The number of hydrazine groups is 1. The van der Waals surface area contributed by atoms with Crippen LogP contribution in [0.3, 0.4) is 0 Å². The van der Waals surface area contributed by atoms with Crippen molar-refractivity contribution in [3.63, 3.8) is 0 Å². The third-order valence-corrected chi connectivity index (χ3v) is 4.29. The molecule has 0 aromatic heterocycles. The highest BCUT2D eigenvalue weighted by Gasteiger charge is 2.30. The van der Waals surface area contributed by atoms with Crippen molar-refractivity contribution in [3.05, 3.63) is 71.8 Å². The van der Waals surface area contributed by atoms with Crippen LogP contribution in [0.25, 0.3) is 0 Å². The molecule has 0 saturated heterocycles. The van der Waals surface area contributed by atoms with Crippen molar-refractivity contribution < 1.29 is 29.0 Å². The van der Waals surface area contributed by atoms with E-state index in [1.54, 1.807) is 36.4 Å². The molecule has 160 valence electrons. The number of carbonyl (C=O) groups is 3. The minimum atomic E-state index is -1.19. The molecule has 0 heterocycles. The Hall–Kier alpha value is -3.39. The van der Waals surface area contributed by atoms with Crippen molar-refractivity contribution in [2.24, 2.45) is 0 Å². The van der Waals surface area contributed by atoms with E-state index in [1.807, 2.05) is 24.3 Å². The molecule has 0 aliphatic carbocycles. The number of ketones is 1. The molecule has 0 aliphatic rings. The van der Waals surface area contributed by atoms with Gasteiger partial charge in [-0.2, -0.15) is 0 Å². The number of ether oxygens (including phenoxy) is 2. The monoisotopic (exact) mass is 414 g/mol. The SMILES string of the molecule is CC(=O)C[C@@H](O)[C@@H](C)N(NC(=O)OCc1ccccc1)C(=O)OCc1ccccc1. The van der Waals surface area contributed by atoms with Crippen LogP contribution in [0.5, 0.6) is 0 Å². The van der Waals surface area contributed by atoms with Crippen molar-refractivity contribution in [1.82, 2.24) is 10.4 Å². The van der Waals surface area contributed by atoms with Gasteiger partial charge in [-0.15, -0.1) is 0 Å². The summed E-state index contributed by atoms with van der Waals surface area (Å²) >= 11 is 0. The standard InChI is InChI=1S/C22H26N2O6/c1-16(25)13-20(26)17(2)24(22(28)30-15-19-11-7-4-8-12-19)23-21(27)29-14-18-9-5-3-6-10-18/h3-12,17,20,26H,13-15H2,1-2H3,(H,23,27)/t17-,20-/m1/s1. The topological polar surface area (TPSA) is 105 Å². The molecule has 2 atom stereocenters. The molecule has 8 heteroatoms. The van der Waals surface area contributed by atoms with E-state index in [4.69, 9.17) is 9.47 Å². The molecule has 0 saturated carbocycles. The first-order chi connectivity index (χ1) is 14.4. The van der Waals surface area contributed by atoms with Gasteiger partial charge in [0.05, 0.1) is 12.1 Å². The maximum atomic E-state index is 12.6. The summed E-state index contributed by atoms with van der Waals surface area (Å²) in [5.41, 5.74) is 3.84. The molecular formula is C22H26N2O6. The first-order valence-electron chi connectivity index (χ1n) is 9.51. The van der Waals surface area contributed by atoms with Crippen LogP contribution < -0.4 is 5.43 Å². The fraction of sp³-hybridized carbons (Fsp3) is 0.318. The molecule has 0 bridgehead atoms. The molecule has 0 spiro atoms. The van der Waals surface area contributed by atoms with Gasteiger partial charge < -0.3 is 14.6 Å². The largest absolute Gasteiger partial charge is 0.443 e. The summed E-state index contributed by atoms with van der Waals surface area (Å²) in [7, 11) is 0. The Balaban J connectivity index is 2.02. The fourth-order valence-electron chi connectivity index (χ4n) is 2.59. The molecule has 0 unspecified atom stereocenters. The zero-order valence-electron chi connectivity index (χ0n) is 17.0. The fourth-order valence-corrected chi connectivity index (χ4v) is 2.59. The van der Waals surface area contributed by atoms with E-state index in [2.05, 4.69) is 5.43 Å². The van der Waals surface area contributed by atoms with Crippen molar-refractivity contribution in [3.8, 4) is 0 Å². The summed E-state index contributed by atoms with van der Waals surface area (Å²) < 4.78 is 10.4. The molecule has 2 aromatic carbocycles. The van der Waals surface area contributed by atoms with Crippen LogP contribution in [0.15, 0.2) is 60.7 Å². The quantitative estimate of drug-likeness (QED) is 0.643. The Morgan fingerprint density at radius 3 is 1.93 bits per heavy atom. The van der Waals surface area contributed by atoms with Crippen LogP contribution in [-0.2, 0) is 27.5 Å². The number of hydrogen-bond acceptors (Lipinski definition) is 6. The van der Waals surface area contributed by atoms with Crippen LogP contribution >= 0.6 is 0 Å². The van der Waals surface area contributed by atoms with Crippen molar-refractivity contribution in [2.45, 2.75) is 45.6 Å². The summed E-state index contributed by atoms with van der Waals surface area (Å²) in [6.45, 7) is 2.81. The second-order valence-electron chi connectivity index (χ2n) is 6.80. The van der Waals surface area contributed by atoms with E-state index in [1.165, 1.54) is 13.8 Å². The minimum absolute atomic E-state index is 0.00393. The predicted molar refractivity (Wildman–Crippen MR) is 109 cm³/mol. The Morgan fingerprint density at radius 1 is 0.933 bits per heavy atom. The van der Waals surface area contributed by atoms with E-state index in [9.17, 15) is 19.5 Å². The smallest absolute Gasteiger partial charge is 0.429 e. The number of amides is 2. The molecule has 2 N–H and O–H groups in total. The summed E-state index contributed by atoms with van der Waals surface area (Å²) in [5, 5.41) is 11.1. The number of Topliss-reactive ketones (excluding diaryl/α,β-unsaturated/α-hetero) is 1. The van der Waals surface area contributed by atoms with Crippen LogP contribution in [0.1, 0.15) is 31.4 Å². The number of benzene rings is 2. The van der Waals surface area contributed by atoms with Gasteiger partial charge in [0.1, 0.15) is 19.0 Å². The third-order valence-electron chi connectivity index (χ3n) is 4.29. The van der Waals surface area contributed by atoms with Gasteiger partial charge in [-0.3, -0.25) is 4.79 Å². The van der Waals surface area contributed by atoms with E-state index >= 15 is 0 Å². The van der Waals surface area contributed by atoms with Crippen LogP contribution in [0.2, 0.25) is 0 Å². The average Bonchev–Trinajstić information content (AvgIpc) is 2.75. The first kappa shape index (κ1) is 22.9. The van der Waals surface area contributed by atoms with E-state index in [0.29, 0.717) is 0 Å². The summed E-state index contributed by atoms with van der Waals surface area (Å²) in [5.74, 6) is -0.251. The highest BCUT2D eigenvalue weighted by molar-refractivity contribution is 5.77. The van der Waals surface area contributed by atoms with Crippen molar-refractivity contribution in [2.75, 3.05) is 0 Å². The van der Waals surface area contributed by atoms with Gasteiger partial charge in [0.25, 0.3) is 0 Å². The summed E-state index contributed by atoms with van der Waals surface area (Å²) in [4.78, 5) is 36.2. The van der Waals surface area contributed by atoms with Gasteiger partial charge in [0.2, 0.25) is 0 Å². The Bertz CT molecular complexity index is 828. The molecule has 2 amide bonds. The molecule has 2 rings (SSSR count). The summed E-state index contributed by atoms with van der Waals surface area (Å²) in [6.07, 6.45) is -3.14. The van der Waals surface area contributed by atoms with Gasteiger partial charge in [0.15, 0.2) is 0 Å². The Labute approximate surface area is 175 Å². The highest BCUT2D eigenvalue weighted by atomic mass is 16.6. The van der Waals surface area contributed by atoms with Gasteiger partial charge >= 0.3 is 12.2 Å². The second kappa shape index (κ2) is 11.6. The van der Waals surface area contributed by atoms with E-state index in [0.717, 1.165) is 16.1 Å². The lowest BCUT2D eigenvalue weighted by Crippen LogP contribution is -2.55. The number of hydrogen-bond donors (Lipinski definition) is 2. The second-order valence-corrected chi connectivity index (χ2v) is 6.80. The molecule has 30 heavy (non-hydrogen) atoms. The molecule has 2 aromatic rings. The number of rotatable bonds is 8. The van der Waals surface area contributed by atoms with Gasteiger partial charge in [-0.05, 0) is 25.0 Å². The number of nitrogens with zero attached hydrogens (tertiary/aromatic N) is 1. The molecular weight excluding hydrogens is 388 g/mol. The van der Waals surface area contributed by atoms with Gasteiger partial charge in [-0.1, -0.05) is 60.7 Å². The van der Waals surface area contributed by atoms with Crippen LogP contribution in [-0.4, -0.2) is 40.2 Å². The van der Waals surface area contributed by atoms with Crippen LogP contribution in [0, 0.1) is 0 Å². The highest BCUT2D eigenvalue weighted by Crippen LogP contribution is 2.11. The molecule has 0 aliphatic heterocycles. The van der Waals surface area contributed by atoms with Gasteiger partial charge in [0, 0.05) is 6.42 Å². The maximum absolute atomic E-state index is 12.6. The predicted octanol–water partition coefficient (Wildman–Crippen LogP) is 3.20. The van der Waals surface area contributed by atoms with Crippen molar-refractivity contribution >= 4 is 18.0 Å². The lowest BCUT2D eigenvalue weighted by atomic mass is 10.1. The lowest BCUT2D eigenvalue weighted by Gasteiger charge is -2.30. The lowest BCUT2D eigenvalue weighted by molar-refractivity contribution is -0.119. The van der Waals surface area contributed by atoms with E-state index < -0.39 is 24.3 Å². The molecule has 0 radical (unpaired) electrons. The minimum Gasteiger partial charge on any atom is -0.443 e. The zero-order valence-corrected chi connectivity index (χ0v) is 17.0. The van der Waals surface area contributed by atoms with Crippen molar-refractivity contribution in [1.29, 1.82) is 0 Å². The van der Waals surface area contributed by atoms with Crippen LogP contribution in [0.4, 0.5) is 9.59 Å². The summed E-state index contributed by atoms with van der Waals surface area (Å²) in [6, 6.07) is 17.1. The Kier molecular flexibility index (Phi) is 8.83. The zero-order chi connectivity index (χ0) is 21.9. The Morgan fingerprint density at radius 2 is 1.43 bits per heavy atom. The van der Waals surface area contributed by atoms with E-state index in [-0.39, 0.29) is 25.4 Å². The number of aliphatic hydroxyl groups excluding tert-OH is 1. The van der Waals surface area contributed by atoms with Gasteiger partial charge in [-0.25, -0.2) is 20.0 Å². The first-order valence-corrected chi connectivity index (χ1v) is 9.51.